The van der Waals surface area contributed by atoms with E-state index in [1.165, 1.54) is 37.8 Å². The van der Waals surface area contributed by atoms with Crippen molar-refractivity contribution in [3.05, 3.63) is 17.7 Å². The Labute approximate surface area is 148 Å². The fourth-order valence-corrected chi connectivity index (χ4v) is 4.64. The molecule has 0 amide bonds. The molecule has 1 atom stereocenters. The van der Waals surface area contributed by atoms with Crippen molar-refractivity contribution in [3.63, 3.8) is 0 Å². The second-order valence-corrected chi connectivity index (χ2v) is 7.56. The Morgan fingerprint density at radius 3 is 2.52 bits per heavy atom. The lowest BCUT2D eigenvalue weighted by atomic mass is 10.1. The van der Waals surface area contributed by atoms with E-state index >= 15 is 0 Å². The molecule has 1 fully saturated rings. The highest BCUT2D eigenvalue weighted by molar-refractivity contribution is 7.89. The number of piperidine rings is 1. The molecule has 0 bridgehead atoms. The van der Waals surface area contributed by atoms with Crippen molar-refractivity contribution >= 4 is 16.0 Å². The molecule has 0 radical (unpaired) electrons. The lowest BCUT2D eigenvalue weighted by molar-refractivity contribution is 0.0592. The molecule has 1 unspecified atom stereocenters. The van der Waals surface area contributed by atoms with Gasteiger partial charge in [-0.3, -0.25) is 0 Å². The average Bonchev–Trinajstić information content (AvgIpc) is 2.65. The average molecular weight is 372 g/mol. The molecule has 1 N–H and O–H groups in total. The molecule has 0 spiro atoms. The maximum atomic E-state index is 13.1. The smallest absolute Gasteiger partial charge is 0.345 e. The molecular formula is C16H24N2O6S. The van der Waals surface area contributed by atoms with Crippen LogP contribution in [0.15, 0.2) is 17.0 Å². The van der Waals surface area contributed by atoms with Crippen molar-refractivity contribution in [2.45, 2.75) is 23.8 Å². The predicted octanol–water partition coefficient (Wildman–Crippen LogP) is 0.863. The summed E-state index contributed by atoms with van der Waals surface area (Å²) in [5, 5.41) is 3.11. The van der Waals surface area contributed by atoms with Crippen LogP contribution in [0, 0.1) is 0 Å². The van der Waals surface area contributed by atoms with Crippen LogP contribution in [0.2, 0.25) is 0 Å². The third-order valence-corrected chi connectivity index (χ3v) is 6.20. The first-order valence-corrected chi connectivity index (χ1v) is 9.35. The van der Waals surface area contributed by atoms with Gasteiger partial charge in [0, 0.05) is 19.1 Å². The highest BCUT2D eigenvalue weighted by atomic mass is 32.2. The van der Waals surface area contributed by atoms with Gasteiger partial charge in [0.05, 0.1) is 21.3 Å². The van der Waals surface area contributed by atoms with Crippen LogP contribution in [0.25, 0.3) is 0 Å². The van der Waals surface area contributed by atoms with Crippen LogP contribution in [-0.2, 0) is 14.8 Å². The fourth-order valence-electron chi connectivity index (χ4n) is 2.95. The van der Waals surface area contributed by atoms with Crippen molar-refractivity contribution < 1.29 is 27.4 Å². The molecule has 0 saturated carbocycles. The van der Waals surface area contributed by atoms with Crippen molar-refractivity contribution in [1.29, 1.82) is 0 Å². The number of hydrogen-bond acceptors (Lipinski definition) is 7. The molecule has 9 heteroatoms. The van der Waals surface area contributed by atoms with Gasteiger partial charge in [-0.1, -0.05) is 0 Å². The first-order chi connectivity index (χ1) is 11.9. The number of nitrogens with one attached hydrogen (secondary N) is 1. The number of esters is 1. The predicted molar refractivity (Wildman–Crippen MR) is 91.7 cm³/mol. The summed E-state index contributed by atoms with van der Waals surface area (Å²) in [4.78, 5) is 12.1. The van der Waals surface area contributed by atoms with E-state index in [-0.39, 0.29) is 28.0 Å². The number of carbonyl (C=O) groups excluding carboxylic acids is 1. The van der Waals surface area contributed by atoms with E-state index in [0.29, 0.717) is 13.1 Å². The zero-order valence-electron chi connectivity index (χ0n) is 14.9. The molecule has 2 rings (SSSR count). The number of sulfonamides is 1. The number of likely N-dealkylation sites (N-methyl/N-ethyl adjacent to an activating group) is 1. The number of methoxy groups -OCH3 is 3. The zero-order chi connectivity index (χ0) is 18.6. The van der Waals surface area contributed by atoms with E-state index in [0.717, 1.165) is 12.8 Å². The van der Waals surface area contributed by atoms with Gasteiger partial charge < -0.3 is 19.5 Å². The highest BCUT2D eigenvalue weighted by Gasteiger charge is 2.35. The summed E-state index contributed by atoms with van der Waals surface area (Å²) in [5.74, 6) is -0.607. The van der Waals surface area contributed by atoms with Crippen LogP contribution in [0.4, 0.5) is 0 Å². The van der Waals surface area contributed by atoms with Crippen LogP contribution < -0.4 is 14.8 Å². The third-order valence-electron chi connectivity index (χ3n) is 4.31. The van der Waals surface area contributed by atoms with Crippen molar-refractivity contribution in [3.8, 4) is 11.5 Å². The summed E-state index contributed by atoms with van der Waals surface area (Å²) in [6, 6.07) is 2.91. The Hall–Kier alpha value is -1.84. The second kappa shape index (κ2) is 8.03. The van der Waals surface area contributed by atoms with Crippen LogP contribution in [-0.4, -0.2) is 66.2 Å². The summed E-state index contributed by atoms with van der Waals surface area (Å²) in [5.41, 5.74) is -0.0456. The number of hydrogen-bond donors (Lipinski definition) is 1. The first-order valence-electron chi connectivity index (χ1n) is 7.91. The minimum Gasteiger partial charge on any atom is -0.496 e. The fraction of sp³-hybridized carbons (Fsp3) is 0.562. The Balaban J connectivity index is 2.55. The summed E-state index contributed by atoms with van der Waals surface area (Å²) in [7, 11) is 1.89. The molecule has 1 aliphatic rings. The third kappa shape index (κ3) is 3.73. The molecule has 1 saturated heterocycles. The minimum absolute atomic E-state index is 0.0456. The monoisotopic (exact) mass is 372 g/mol. The lowest BCUT2D eigenvalue weighted by Gasteiger charge is -2.32. The van der Waals surface area contributed by atoms with Crippen molar-refractivity contribution in [1.82, 2.24) is 9.62 Å². The molecule has 1 heterocycles. The minimum atomic E-state index is -3.83. The SMILES string of the molecule is CNC1CCCN(S(=O)(=O)c2ccc(OC)c(C(=O)OC)c2OC)C1. The lowest BCUT2D eigenvalue weighted by Crippen LogP contribution is -2.46. The van der Waals surface area contributed by atoms with Crippen LogP contribution in [0.5, 0.6) is 11.5 Å². The van der Waals surface area contributed by atoms with Gasteiger partial charge in [0.1, 0.15) is 16.2 Å². The molecular weight excluding hydrogens is 348 g/mol. The second-order valence-electron chi connectivity index (χ2n) is 5.66. The Kier molecular flexibility index (Phi) is 6.26. The Bertz CT molecular complexity index is 734. The zero-order valence-corrected chi connectivity index (χ0v) is 15.7. The van der Waals surface area contributed by atoms with E-state index in [2.05, 4.69) is 5.32 Å². The van der Waals surface area contributed by atoms with E-state index in [4.69, 9.17) is 14.2 Å². The van der Waals surface area contributed by atoms with Gasteiger partial charge in [-0.15, -0.1) is 0 Å². The van der Waals surface area contributed by atoms with Crippen LogP contribution in [0.3, 0.4) is 0 Å². The number of ether oxygens (including phenoxy) is 3. The van der Waals surface area contributed by atoms with Gasteiger partial charge in [-0.05, 0) is 32.0 Å². The molecule has 25 heavy (non-hydrogen) atoms. The molecule has 1 aliphatic heterocycles. The Morgan fingerprint density at radius 1 is 1.24 bits per heavy atom. The van der Waals surface area contributed by atoms with Gasteiger partial charge >= 0.3 is 5.97 Å². The molecule has 0 aromatic heterocycles. The van der Waals surface area contributed by atoms with E-state index < -0.39 is 16.0 Å². The van der Waals surface area contributed by atoms with Crippen molar-refractivity contribution in [2.24, 2.45) is 0 Å². The first kappa shape index (κ1) is 19.5. The summed E-state index contributed by atoms with van der Waals surface area (Å²) >= 11 is 0. The van der Waals surface area contributed by atoms with E-state index in [1.54, 1.807) is 0 Å². The maximum absolute atomic E-state index is 13.1. The standard InChI is InChI=1S/C16H24N2O6S/c1-17-11-6-5-9-18(10-11)25(20,21)13-8-7-12(22-2)14(15(13)23-3)16(19)24-4/h7-8,11,17H,5-6,9-10H2,1-4H3. The van der Waals surface area contributed by atoms with Gasteiger partial charge in [0.2, 0.25) is 10.0 Å². The van der Waals surface area contributed by atoms with Gasteiger partial charge in [0.15, 0.2) is 5.75 Å². The topological polar surface area (TPSA) is 94.2 Å². The maximum Gasteiger partial charge on any atom is 0.345 e. The van der Waals surface area contributed by atoms with Gasteiger partial charge in [-0.25, -0.2) is 13.2 Å². The normalized spacial score (nSPS) is 18.6. The number of benzene rings is 1. The van der Waals surface area contributed by atoms with E-state index in [1.807, 2.05) is 7.05 Å². The molecule has 140 valence electrons. The largest absolute Gasteiger partial charge is 0.496 e. The molecule has 8 nitrogen and oxygen atoms in total. The molecule has 1 aromatic rings. The number of carbonyl (C=O) groups is 1. The van der Waals surface area contributed by atoms with Crippen molar-refractivity contribution in [2.75, 3.05) is 41.5 Å². The quantitative estimate of drug-likeness (QED) is 0.740. The number of rotatable bonds is 6. The van der Waals surface area contributed by atoms with E-state index in [9.17, 15) is 13.2 Å². The van der Waals surface area contributed by atoms with Gasteiger partial charge in [0.25, 0.3) is 0 Å². The van der Waals surface area contributed by atoms with Crippen LogP contribution >= 0.6 is 0 Å². The van der Waals surface area contributed by atoms with Crippen LogP contribution in [0.1, 0.15) is 23.2 Å². The van der Waals surface area contributed by atoms with Gasteiger partial charge in [-0.2, -0.15) is 4.31 Å². The number of nitrogens with zero attached hydrogens (tertiary/aromatic N) is 1. The summed E-state index contributed by atoms with van der Waals surface area (Å²) in [6.45, 7) is 0.783. The molecule has 1 aromatic carbocycles. The Morgan fingerprint density at radius 2 is 1.96 bits per heavy atom. The molecule has 0 aliphatic carbocycles. The summed E-state index contributed by atoms with van der Waals surface area (Å²) in [6.07, 6.45) is 1.67. The summed E-state index contributed by atoms with van der Waals surface area (Å²) < 4.78 is 42.8. The highest BCUT2D eigenvalue weighted by Crippen LogP contribution is 2.37.